The molecular weight excluding hydrogens is 329 g/mol. The minimum absolute atomic E-state index is 0.0833. The van der Waals surface area contributed by atoms with Gasteiger partial charge in [-0.2, -0.15) is 0 Å². The number of halogens is 1. The quantitative estimate of drug-likeness (QED) is 0.869. The molecule has 0 aliphatic rings. The number of sulfonamides is 1. The van der Waals surface area contributed by atoms with Crippen LogP contribution in [0.1, 0.15) is 23.6 Å². The second kappa shape index (κ2) is 7.01. The van der Waals surface area contributed by atoms with E-state index in [0.29, 0.717) is 11.1 Å². The van der Waals surface area contributed by atoms with E-state index in [2.05, 4.69) is 4.72 Å². The van der Waals surface area contributed by atoms with E-state index in [-0.39, 0.29) is 11.4 Å². The Morgan fingerprint density at radius 2 is 1.83 bits per heavy atom. The maximum Gasteiger partial charge on any atom is 0.240 e. The van der Waals surface area contributed by atoms with Gasteiger partial charge in [0.15, 0.2) is 0 Å². The average Bonchev–Trinajstić information content (AvgIpc) is 2.53. The van der Waals surface area contributed by atoms with Crippen LogP contribution in [0, 0.1) is 19.7 Å². The number of hydrogen-bond donors (Lipinski definition) is 1. The van der Waals surface area contributed by atoms with Gasteiger partial charge in [-0.25, -0.2) is 17.5 Å². The normalized spacial score (nSPS) is 14.4. The minimum Gasteiger partial charge on any atom is -0.372 e. The van der Waals surface area contributed by atoms with Gasteiger partial charge in [-0.3, -0.25) is 0 Å². The van der Waals surface area contributed by atoms with Crippen LogP contribution in [0.5, 0.6) is 0 Å². The molecular formula is C18H22FNO3S. The lowest BCUT2D eigenvalue weighted by Crippen LogP contribution is -2.40. The van der Waals surface area contributed by atoms with Crippen LogP contribution in [-0.4, -0.2) is 22.1 Å². The molecule has 0 aliphatic heterocycles. The molecule has 130 valence electrons. The molecule has 1 atom stereocenters. The van der Waals surface area contributed by atoms with Crippen molar-refractivity contribution < 1.29 is 17.5 Å². The molecule has 0 saturated carbocycles. The van der Waals surface area contributed by atoms with Crippen molar-refractivity contribution in [2.45, 2.75) is 31.3 Å². The van der Waals surface area contributed by atoms with Gasteiger partial charge in [0.2, 0.25) is 10.0 Å². The molecule has 0 spiro atoms. The molecule has 1 unspecified atom stereocenters. The van der Waals surface area contributed by atoms with Crippen LogP contribution in [0.2, 0.25) is 0 Å². The molecule has 2 aromatic rings. The lowest BCUT2D eigenvalue weighted by atomic mass is 9.95. The molecule has 24 heavy (non-hydrogen) atoms. The molecule has 2 aromatic carbocycles. The number of aryl methyl sites for hydroxylation is 2. The molecule has 4 nitrogen and oxygen atoms in total. The third kappa shape index (κ3) is 3.83. The zero-order valence-corrected chi connectivity index (χ0v) is 15.1. The van der Waals surface area contributed by atoms with Crippen molar-refractivity contribution in [3.05, 3.63) is 65.0 Å². The average molecular weight is 351 g/mol. The van der Waals surface area contributed by atoms with E-state index < -0.39 is 21.4 Å². The fourth-order valence-corrected chi connectivity index (χ4v) is 3.93. The maximum atomic E-state index is 14.1. The van der Waals surface area contributed by atoms with E-state index in [1.165, 1.54) is 13.2 Å². The summed E-state index contributed by atoms with van der Waals surface area (Å²) in [7, 11) is -2.30. The van der Waals surface area contributed by atoms with Crippen molar-refractivity contribution >= 4 is 10.0 Å². The van der Waals surface area contributed by atoms with Gasteiger partial charge >= 0.3 is 0 Å². The van der Waals surface area contributed by atoms with Gasteiger partial charge in [-0.15, -0.1) is 0 Å². The summed E-state index contributed by atoms with van der Waals surface area (Å²) in [5, 5.41) is 0. The second-order valence-electron chi connectivity index (χ2n) is 6.01. The van der Waals surface area contributed by atoms with Gasteiger partial charge in [0.25, 0.3) is 0 Å². The summed E-state index contributed by atoms with van der Waals surface area (Å²) in [6, 6.07) is 11.3. The number of rotatable bonds is 6. The van der Waals surface area contributed by atoms with Gasteiger partial charge in [0.1, 0.15) is 11.4 Å². The number of methoxy groups -OCH3 is 1. The molecule has 6 heteroatoms. The highest BCUT2D eigenvalue weighted by Crippen LogP contribution is 2.27. The van der Waals surface area contributed by atoms with E-state index in [0.717, 1.165) is 5.56 Å². The smallest absolute Gasteiger partial charge is 0.240 e. The standard InChI is InChI=1S/C18H22FNO3S/c1-13-9-10-17(14(2)11-13)24(21,22)20-12-18(3,23-4)15-7-5-6-8-16(15)19/h5-11,20H,12H2,1-4H3. The van der Waals surface area contributed by atoms with E-state index >= 15 is 0 Å². The molecule has 2 rings (SSSR count). The monoisotopic (exact) mass is 351 g/mol. The van der Waals surface area contributed by atoms with Gasteiger partial charge in [-0.1, -0.05) is 35.9 Å². The third-order valence-corrected chi connectivity index (χ3v) is 5.68. The molecule has 0 heterocycles. The lowest BCUT2D eigenvalue weighted by Gasteiger charge is -2.29. The molecule has 0 aliphatic carbocycles. The Balaban J connectivity index is 2.28. The van der Waals surface area contributed by atoms with Crippen LogP contribution in [-0.2, 0) is 20.4 Å². The minimum atomic E-state index is -3.72. The molecule has 1 N–H and O–H groups in total. The first-order chi connectivity index (χ1) is 11.2. The lowest BCUT2D eigenvalue weighted by molar-refractivity contribution is 0.00410. The Kier molecular flexibility index (Phi) is 5.42. The van der Waals surface area contributed by atoms with Crippen molar-refractivity contribution in [3.63, 3.8) is 0 Å². The van der Waals surface area contributed by atoms with Gasteiger partial charge in [0.05, 0.1) is 4.90 Å². The van der Waals surface area contributed by atoms with E-state index in [9.17, 15) is 12.8 Å². The molecule has 0 bridgehead atoms. The zero-order valence-electron chi connectivity index (χ0n) is 14.3. The van der Waals surface area contributed by atoms with Crippen LogP contribution >= 0.6 is 0 Å². The van der Waals surface area contributed by atoms with Gasteiger partial charge < -0.3 is 4.74 Å². The van der Waals surface area contributed by atoms with Crippen molar-refractivity contribution in [1.29, 1.82) is 0 Å². The van der Waals surface area contributed by atoms with E-state index in [1.54, 1.807) is 50.2 Å². The van der Waals surface area contributed by atoms with Crippen molar-refractivity contribution in [1.82, 2.24) is 4.72 Å². The first-order valence-electron chi connectivity index (χ1n) is 7.57. The molecule has 0 amide bonds. The highest BCUT2D eigenvalue weighted by molar-refractivity contribution is 7.89. The van der Waals surface area contributed by atoms with Gasteiger partial charge in [0, 0.05) is 19.2 Å². The summed E-state index contributed by atoms with van der Waals surface area (Å²) in [4.78, 5) is 0.208. The predicted octanol–water partition coefficient (Wildman–Crippen LogP) is 3.28. The Bertz CT molecular complexity index is 836. The second-order valence-corrected chi connectivity index (χ2v) is 7.74. The zero-order chi connectivity index (χ0) is 18.0. The van der Waals surface area contributed by atoms with Crippen LogP contribution in [0.25, 0.3) is 0 Å². The third-order valence-electron chi connectivity index (χ3n) is 4.11. The number of hydrogen-bond acceptors (Lipinski definition) is 3. The predicted molar refractivity (Wildman–Crippen MR) is 91.9 cm³/mol. The first kappa shape index (κ1) is 18.6. The molecule has 0 fully saturated rings. The number of ether oxygens (including phenoxy) is 1. The summed E-state index contributed by atoms with van der Waals surface area (Å²) in [5.41, 5.74) is 0.833. The van der Waals surface area contributed by atoms with E-state index in [1.807, 2.05) is 6.92 Å². The summed E-state index contributed by atoms with van der Waals surface area (Å²) >= 11 is 0. The Labute approximate surface area is 142 Å². The topological polar surface area (TPSA) is 55.4 Å². The largest absolute Gasteiger partial charge is 0.372 e. The Morgan fingerprint density at radius 3 is 2.42 bits per heavy atom. The highest BCUT2D eigenvalue weighted by Gasteiger charge is 2.31. The van der Waals surface area contributed by atoms with Crippen LogP contribution < -0.4 is 4.72 Å². The molecule has 0 radical (unpaired) electrons. The maximum absolute atomic E-state index is 14.1. The van der Waals surface area contributed by atoms with Crippen LogP contribution in [0.3, 0.4) is 0 Å². The van der Waals surface area contributed by atoms with Crippen molar-refractivity contribution in [2.75, 3.05) is 13.7 Å². The summed E-state index contributed by atoms with van der Waals surface area (Å²) < 4.78 is 47.2. The Morgan fingerprint density at radius 1 is 1.17 bits per heavy atom. The highest BCUT2D eigenvalue weighted by atomic mass is 32.2. The molecule has 0 saturated heterocycles. The summed E-state index contributed by atoms with van der Waals surface area (Å²) in [5.74, 6) is -0.437. The summed E-state index contributed by atoms with van der Waals surface area (Å²) in [6.07, 6.45) is 0. The molecule has 0 aromatic heterocycles. The first-order valence-corrected chi connectivity index (χ1v) is 9.05. The van der Waals surface area contributed by atoms with Crippen LogP contribution in [0.15, 0.2) is 47.4 Å². The fourth-order valence-electron chi connectivity index (χ4n) is 2.58. The van der Waals surface area contributed by atoms with Crippen molar-refractivity contribution in [3.8, 4) is 0 Å². The fraction of sp³-hybridized carbons (Fsp3) is 0.333. The van der Waals surface area contributed by atoms with E-state index in [4.69, 9.17) is 4.74 Å². The van der Waals surface area contributed by atoms with Crippen LogP contribution in [0.4, 0.5) is 4.39 Å². The number of benzene rings is 2. The number of nitrogens with one attached hydrogen (secondary N) is 1. The van der Waals surface area contributed by atoms with Gasteiger partial charge in [-0.05, 0) is 38.5 Å². The van der Waals surface area contributed by atoms with Crippen molar-refractivity contribution in [2.24, 2.45) is 0 Å². The summed E-state index contributed by atoms with van der Waals surface area (Å²) in [6.45, 7) is 5.21. The SMILES string of the molecule is COC(C)(CNS(=O)(=O)c1ccc(C)cc1C)c1ccccc1F. The Hall–Kier alpha value is -1.76.